The third-order valence-corrected chi connectivity index (χ3v) is 5.38. The van der Waals surface area contributed by atoms with Crippen molar-refractivity contribution in [3.8, 4) is 0 Å². The van der Waals surface area contributed by atoms with E-state index in [0.717, 1.165) is 31.2 Å². The Morgan fingerprint density at radius 1 is 1.12 bits per heavy atom. The molecule has 1 saturated heterocycles. The molecule has 2 unspecified atom stereocenters. The number of hydrogen-bond donors (Lipinski definition) is 2. The highest BCUT2D eigenvalue weighted by atomic mass is 19.1. The molecule has 5 nitrogen and oxygen atoms in total. The lowest BCUT2D eigenvalue weighted by Gasteiger charge is -2.34. The molecule has 0 radical (unpaired) electrons. The molecule has 6 heteroatoms. The zero-order chi connectivity index (χ0) is 18.0. The molecule has 1 aliphatic heterocycles. The zero-order valence-electron chi connectivity index (χ0n) is 14.8. The molecule has 2 amide bonds. The van der Waals surface area contributed by atoms with Crippen LogP contribution in [-0.4, -0.2) is 41.9 Å². The summed E-state index contributed by atoms with van der Waals surface area (Å²) in [6.07, 6.45) is 4.33. The second-order valence-electron chi connectivity index (χ2n) is 7.23. The number of likely N-dealkylation sites (N-methyl/N-ethyl adjacent to an activating group) is 1. The van der Waals surface area contributed by atoms with Gasteiger partial charge in [-0.2, -0.15) is 0 Å². The Morgan fingerprint density at radius 2 is 1.72 bits per heavy atom. The topological polar surface area (TPSA) is 61.4 Å². The molecular formula is C19H26FN3O2. The first-order valence-corrected chi connectivity index (χ1v) is 8.98. The summed E-state index contributed by atoms with van der Waals surface area (Å²) in [7, 11) is 1.81. The van der Waals surface area contributed by atoms with E-state index in [9.17, 15) is 14.0 Å². The monoisotopic (exact) mass is 347 g/mol. The summed E-state index contributed by atoms with van der Waals surface area (Å²) in [4.78, 5) is 25.1. The number of rotatable bonds is 4. The summed E-state index contributed by atoms with van der Waals surface area (Å²) in [6, 6.07) is 6.98. The van der Waals surface area contributed by atoms with Crippen molar-refractivity contribution in [1.82, 2.24) is 15.5 Å². The van der Waals surface area contributed by atoms with Crippen molar-refractivity contribution in [3.63, 3.8) is 0 Å². The van der Waals surface area contributed by atoms with Gasteiger partial charge in [-0.1, -0.05) is 12.1 Å². The molecule has 1 heterocycles. The van der Waals surface area contributed by atoms with Gasteiger partial charge in [-0.25, -0.2) is 4.39 Å². The highest BCUT2D eigenvalue weighted by Crippen LogP contribution is 2.33. The predicted octanol–water partition coefficient (Wildman–Crippen LogP) is 2.13. The average molecular weight is 347 g/mol. The summed E-state index contributed by atoms with van der Waals surface area (Å²) in [5, 5.41) is 6.63. The quantitative estimate of drug-likeness (QED) is 0.877. The second kappa shape index (κ2) is 7.52. The minimum Gasteiger partial charge on any atom is -0.354 e. The third kappa shape index (κ3) is 4.18. The van der Waals surface area contributed by atoms with Gasteiger partial charge in [0.05, 0.1) is 6.04 Å². The predicted molar refractivity (Wildman–Crippen MR) is 93.3 cm³/mol. The number of halogens is 1. The number of carbonyl (C=O) groups excluding carboxylic acids is 2. The Kier molecular flexibility index (Phi) is 5.37. The van der Waals surface area contributed by atoms with Crippen LogP contribution >= 0.6 is 0 Å². The Hall–Kier alpha value is -1.95. The summed E-state index contributed by atoms with van der Waals surface area (Å²) >= 11 is 0. The van der Waals surface area contributed by atoms with Crippen LogP contribution < -0.4 is 10.6 Å². The zero-order valence-corrected chi connectivity index (χ0v) is 14.8. The maximum Gasteiger partial charge on any atom is 0.224 e. The minimum absolute atomic E-state index is 0.0239. The first-order valence-electron chi connectivity index (χ1n) is 8.98. The fraction of sp³-hybridized carbons (Fsp3) is 0.579. The van der Waals surface area contributed by atoms with Gasteiger partial charge < -0.3 is 15.5 Å². The summed E-state index contributed by atoms with van der Waals surface area (Å²) in [6.45, 7) is 1.55. The number of hydrogen-bond acceptors (Lipinski definition) is 3. The van der Waals surface area contributed by atoms with Crippen molar-refractivity contribution in [2.45, 2.75) is 63.2 Å². The maximum absolute atomic E-state index is 13.2. The molecule has 1 aliphatic carbocycles. The lowest BCUT2D eigenvalue weighted by atomic mass is 9.89. The largest absolute Gasteiger partial charge is 0.354 e. The molecule has 2 N–H and O–H groups in total. The van der Waals surface area contributed by atoms with E-state index in [1.54, 1.807) is 24.0 Å². The van der Waals surface area contributed by atoms with E-state index in [2.05, 4.69) is 10.6 Å². The molecule has 1 aromatic carbocycles. The number of nitrogens with zero attached hydrogens (tertiary/aromatic N) is 1. The fourth-order valence-corrected chi connectivity index (χ4v) is 4.13. The number of amides is 2. The van der Waals surface area contributed by atoms with Crippen LogP contribution in [0.4, 0.5) is 4.39 Å². The minimum atomic E-state index is -0.267. The summed E-state index contributed by atoms with van der Waals surface area (Å²) < 4.78 is 13.2. The lowest BCUT2D eigenvalue weighted by Crippen LogP contribution is -2.46. The van der Waals surface area contributed by atoms with Crippen molar-refractivity contribution in [2.24, 2.45) is 0 Å². The van der Waals surface area contributed by atoms with E-state index in [-0.39, 0.29) is 35.8 Å². The van der Waals surface area contributed by atoms with Crippen LogP contribution in [0.15, 0.2) is 24.3 Å². The van der Waals surface area contributed by atoms with Gasteiger partial charge in [-0.05, 0) is 43.4 Å². The fourth-order valence-electron chi connectivity index (χ4n) is 4.13. The lowest BCUT2D eigenvalue weighted by molar-refractivity contribution is -0.127. The van der Waals surface area contributed by atoms with Gasteiger partial charge in [0.25, 0.3) is 0 Å². The average Bonchev–Trinajstić information content (AvgIpc) is 2.84. The molecule has 1 aromatic rings. The van der Waals surface area contributed by atoms with E-state index < -0.39 is 0 Å². The molecule has 2 aliphatic rings. The molecule has 0 aromatic heterocycles. The van der Waals surface area contributed by atoms with Gasteiger partial charge in [-0.15, -0.1) is 0 Å². The molecular weight excluding hydrogens is 321 g/mol. The van der Waals surface area contributed by atoms with Gasteiger partial charge >= 0.3 is 0 Å². The van der Waals surface area contributed by atoms with Gasteiger partial charge in [0.2, 0.25) is 11.8 Å². The molecule has 1 saturated carbocycles. The van der Waals surface area contributed by atoms with Crippen LogP contribution in [-0.2, 0) is 9.59 Å². The van der Waals surface area contributed by atoms with Crippen molar-refractivity contribution in [3.05, 3.63) is 35.6 Å². The first kappa shape index (κ1) is 17.9. The van der Waals surface area contributed by atoms with Crippen LogP contribution in [0.1, 0.15) is 50.6 Å². The molecule has 2 fully saturated rings. The molecule has 136 valence electrons. The van der Waals surface area contributed by atoms with Gasteiger partial charge in [0, 0.05) is 38.5 Å². The molecule has 0 spiro atoms. The highest BCUT2D eigenvalue weighted by Gasteiger charge is 2.39. The second-order valence-corrected chi connectivity index (χ2v) is 7.23. The van der Waals surface area contributed by atoms with Crippen LogP contribution in [0, 0.1) is 5.82 Å². The van der Waals surface area contributed by atoms with Crippen LogP contribution in [0.3, 0.4) is 0 Å². The van der Waals surface area contributed by atoms with E-state index in [0.29, 0.717) is 12.5 Å². The van der Waals surface area contributed by atoms with E-state index in [4.69, 9.17) is 0 Å². The molecule has 0 bridgehead atoms. The van der Waals surface area contributed by atoms with Crippen LogP contribution in [0.5, 0.6) is 0 Å². The van der Waals surface area contributed by atoms with Crippen LogP contribution in [0.25, 0.3) is 0 Å². The number of carbonyl (C=O) groups is 2. The summed E-state index contributed by atoms with van der Waals surface area (Å²) in [5.41, 5.74) is 0.958. The Labute approximate surface area is 148 Å². The van der Waals surface area contributed by atoms with E-state index in [1.165, 1.54) is 12.1 Å². The summed E-state index contributed by atoms with van der Waals surface area (Å²) in [5.74, 6) is -0.133. The maximum atomic E-state index is 13.2. The molecule has 2 atom stereocenters. The molecule has 25 heavy (non-hydrogen) atoms. The third-order valence-electron chi connectivity index (χ3n) is 5.38. The van der Waals surface area contributed by atoms with Gasteiger partial charge in [-0.3, -0.25) is 9.59 Å². The Bertz CT molecular complexity index is 626. The normalized spacial score (nSPS) is 29.7. The van der Waals surface area contributed by atoms with Gasteiger partial charge in [0.15, 0.2) is 0 Å². The van der Waals surface area contributed by atoms with E-state index >= 15 is 0 Å². The standard InChI is InChI=1S/C19H26FN3O2/c1-12(24)21-15-7-9-16(10-8-15)22-17-11-18(25)23(2)19(17)13-3-5-14(20)6-4-13/h3-6,15-17,19,22H,7-11H2,1-2H3,(H,21,24). The van der Waals surface area contributed by atoms with E-state index in [1.807, 2.05) is 7.05 Å². The van der Waals surface area contributed by atoms with Crippen molar-refractivity contribution >= 4 is 11.8 Å². The number of benzene rings is 1. The smallest absolute Gasteiger partial charge is 0.224 e. The van der Waals surface area contributed by atoms with Crippen molar-refractivity contribution in [1.29, 1.82) is 0 Å². The van der Waals surface area contributed by atoms with Crippen molar-refractivity contribution in [2.75, 3.05) is 7.05 Å². The van der Waals surface area contributed by atoms with Crippen LogP contribution in [0.2, 0.25) is 0 Å². The Morgan fingerprint density at radius 3 is 2.32 bits per heavy atom. The number of likely N-dealkylation sites (tertiary alicyclic amines) is 1. The first-order chi connectivity index (χ1) is 11.9. The Balaban J connectivity index is 1.63. The SMILES string of the molecule is CC(=O)NC1CCC(NC2CC(=O)N(C)C2c2ccc(F)cc2)CC1. The number of nitrogens with one attached hydrogen (secondary N) is 2. The van der Waals surface area contributed by atoms with Gasteiger partial charge in [0.1, 0.15) is 5.82 Å². The van der Waals surface area contributed by atoms with Crippen molar-refractivity contribution < 1.29 is 14.0 Å². The highest BCUT2D eigenvalue weighted by molar-refractivity contribution is 5.80. The molecule has 3 rings (SSSR count).